The van der Waals surface area contributed by atoms with Crippen molar-refractivity contribution in [3.8, 4) is 11.5 Å². The lowest BCUT2D eigenvalue weighted by Crippen LogP contribution is -2.44. The molecule has 0 spiro atoms. The van der Waals surface area contributed by atoms with Gasteiger partial charge >= 0.3 is 0 Å². The quantitative estimate of drug-likeness (QED) is 0.849. The highest BCUT2D eigenvalue weighted by atomic mass is 16.5. The highest BCUT2D eigenvalue weighted by molar-refractivity contribution is 5.80. The molecule has 148 valence electrons. The Morgan fingerprint density at radius 1 is 1.22 bits per heavy atom. The van der Waals surface area contributed by atoms with E-state index in [9.17, 15) is 9.59 Å². The molecule has 1 aromatic carbocycles. The average Bonchev–Trinajstić information content (AvgIpc) is 2.93. The van der Waals surface area contributed by atoms with E-state index in [4.69, 9.17) is 14.2 Å². The second-order valence-electron chi connectivity index (χ2n) is 7.07. The molecule has 2 amide bonds. The van der Waals surface area contributed by atoms with E-state index in [0.717, 1.165) is 23.5 Å². The standard InChI is InChI=1S/C20H28N2O5/c1-14(16-4-5-17-18(12-16)27-11-3-10-26-17)21-20(24)15-6-8-22(9-7-15)19(23)13-25-2/h4-5,12,14-15H,3,6-11,13H2,1-2H3,(H,21,24)/t14-/m1/s1. The number of ether oxygens (including phenoxy) is 3. The molecule has 0 unspecified atom stereocenters. The Hall–Kier alpha value is -2.28. The van der Waals surface area contributed by atoms with Crippen LogP contribution in [0.15, 0.2) is 18.2 Å². The maximum Gasteiger partial charge on any atom is 0.248 e. The van der Waals surface area contributed by atoms with Gasteiger partial charge in [-0.3, -0.25) is 9.59 Å². The van der Waals surface area contributed by atoms with Gasteiger partial charge in [-0.25, -0.2) is 0 Å². The number of nitrogens with one attached hydrogen (secondary N) is 1. The van der Waals surface area contributed by atoms with Crippen LogP contribution < -0.4 is 14.8 Å². The van der Waals surface area contributed by atoms with Crippen LogP contribution in [0.4, 0.5) is 0 Å². The fourth-order valence-electron chi connectivity index (χ4n) is 3.47. The number of hydrogen-bond donors (Lipinski definition) is 1. The zero-order chi connectivity index (χ0) is 19.2. The molecule has 0 aliphatic carbocycles. The van der Waals surface area contributed by atoms with Crippen molar-refractivity contribution < 1.29 is 23.8 Å². The summed E-state index contributed by atoms with van der Waals surface area (Å²) < 4.78 is 16.3. The number of amides is 2. The summed E-state index contributed by atoms with van der Waals surface area (Å²) in [6, 6.07) is 5.68. The van der Waals surface area contributed by atoms with Gasteiger partial charge in [0.25, 0.3) is 0 Å². The van der Waals surface area contributed by atoms with Crippen LogP contribution in [0.25, 0.3) is 0 Å². The van der Waals surface area contributed by atoms with Gasteiger partial charge in [-0.2, -0.15) is 0 Å². The molecule has 27 heavy (non-hydrogen) atoms. The summed E-state index contributed by atoms with van der Waals surface area (Å²) >= 11 is 0. The minimum Gasteiger partial charge on any atom is -0.490 e. The molecule has 1 aromatic rings. The number of nitrogens with zero attached hydrogens (tertiary/aromatic N) is 1. The first-order valence-electron chi connectivity index (χ1n) is 9.55. The smallest absolute Gasteiger partial charge is 0.248 e. The zero-order valence-electron chi connectivity index (χ0n) is 16.0. The highest BCUT2D eigenvalue weighted by Gasteiger charge is 2.28. The average molecular weight is 376 g/mol. The lowest BCUT2D eigenvalue weighted by molar-refractivity contribution is -0.138. The van der Waals surface area contributed by atoms with Crippen molar-refractivity contribution in [1.29, 1.82) is 0 Å². The van der Waals surface area contributed by atoms with Gasteiger partial charge in [0, 0.05) is 32.5 Å². The number of methoxy groups -OCH3 is 1. The fourth-order valence-corrected chi connectivity index (χ4v) is 3.47. The van der Waals surface area contributed by atoms with Crippen LogP contribution in [0.2, 0.25) is 0 Å². The summed E-state index contributed by atoms with van der Waals surface area (Å²) in [5.41, 5.74) is 0.986. The van der Waals surface area contributed by atoms with Crippen LogP contribution in [0.1, 0.15) is 37.8 Å². The third-order valence-corrected chi connectivity index (χ3v) is 5.12. The minimum atomic E-state index is -0.122. The Morgan fingerprint density at radius 2 is 1.93 bits per heavy atom. The van der Waals surface area contributed by atoms with Gasteiger partial charge < -0.3 is 24.4 Å². The number of rotatable bonds is 5. The fraction of sp³-hybridized carbons (Fsp3) is 0.600. The molecule has 0 radical (unpaired) electrons. The molecule has 7 nitrogen and oxygen atoms in total. The van der Waals surface area contributed by atoms with Crippen LogP contribution >= 0.6 is 0 Å². The molecule has 1 N–H and O–H groups in total. The molecule has 1 saturated heterocycles. The Balaban J connectivity index is 1.54. The van der Waals surface area contributed by atoms with Crippen molar-refractivity contribution >= 4 is 11.8 Å². The number of hydrogen-bond acceptors (Lipinski definition) is 5. The minimum absolute atomic E-state index is 0.0167. The molecular weight excluding hydrogens is 348 g/mol. The Morgan fingerprint density at radius 3 is 2.63 bits per heavy atom. The molecule has 2 heterocycles. The Kier molecular flexibility index (Phi) is 6.55. The number of likely N-dealkylation sites (tertiary alicyclic amines) is 1. The highest BCUT2D eigenvalue weighted by Crippen LogP contribution is 2.32. The second kappa shape index (κ2) is 9.08. The third kappa shape index (κ3) is 4.91. The molecule has 0 saturated carbocycles. The first-order chi connectivity index (χ1) is 13.1. The monoisotopic (exact) mass is 376 g/mol. The van der Waals surface area contributed by atoms with E-state index in [-0.39, 0.29) is 30.4 Å². The van der Waals surface area contributed by atoms with Gasteiger partial charge in [-0.05, 0) is 37.5 Å². The van der Waals surface area contributed by atoms with Crippen molar-refractivity contribution in [3.05, 3.63) is 23.8 Å². The summed E-state index contributed by atoms with van der Waals surface area (Å²) in [5.74, 6) is 1.43. The first kappa shape index (κ1) is 19.5. The molecule has 7 heteroatoms. The van der Waals surface area contributed by atoms with Gasteiger partial charge in [0.05, 0.1) is 19.3 Å². The number of benzene rings is 1. The molecule has 0 bridgehead atoms. The molecule has 0 aromatic heterocycles. The molecule has 3 rings (SSSR count). The van der Waals surface area contributed by atoms with E-state index in [0.29, 0.717) is 39.1 Å². The SMILES string of the molecule is COCC(=O)N1CCC(C(=O)N[C@H](C)c2ccc3c(c2)OCCCO3)CC1. The van der Waals surface area contributed by atoms with E-state index in [1.807, 2.05) is 25.1 Å². The van der Waals surface area contributed by atoms with Gasteiger partial charge in [0.15, 0.2) is 11.5 Å². The van der Waals surface area contributed by atoms with Gasteiger partial charge in [-0.15, -0.1) is 0 Å². The molecule has 1 atom stereocenters. The normalized spacial score (nSPS) is 18.5. The zero-order valence-corrected chi connectivity index (χ0v) is 16.0. The maximum absolute atomic E-state index is 12.6. The van der Waals surface area contributed by atoms with Gasteiger partial charge in [0.1, 0.15) is 6.61 Å². The van der Waals surface area contributed by atoms with E-state index in [1.54, 1.807) is 4.90 Å². The van der Waals surface area contributed by atoms with Crippen molar-refractivity contribution in [1.82, 2.24) is 10.2 Å². The third-order valence-electron chi connectivity index (χ3n) is 5.12. The topological polar surface area (TPSA) is 77.1 Å². The summed E-state index contributed by atoms with van der Waals surface area (Å²) in [6.07, 6.45) is 2.21. The number of fused-ring (bicyclic) bond motifs is 1. The van der Waals surface area contributed by atoms with Gasteiger partial charge in [0.2, 0.25) is 11.8 Å². The van der Waals surface area contributed by atoms with Crippen molar-refractivity contribution in [3.63, 3.8) is 0 Å². The molecule has 2 aliphatic heterocycles. The van der Waals surface area contributed by atoms with Crippen molar-refractivity contribution in [2.45, 2.75) is 32.2 Å². The Bertz CT molecular complexity index is 670. The van der Waals surface area contributed by atoms with E-state index in [1.165, 1.54) is 7.11 Å². The second-order valence-corrected chi connectivity index (χ2v) is 7.07. The van der Waals surface area contributed by atoms with E-state index < -0.39 is 0 Å². The lowest BCUT2D eigenvalue weighted by atomic mass is 9.95. The molecular formula is C20H28N2O5. The summed E-state index contributed by atoms with van der Waals surface area (Å²) in [4.78, 5) is 26.3. The largest absolute Gasteiger partial charge is 0.490 e. The van der Waals surface area contributed by atoms with Crippen LogP contribution in [0.5, 0.6) is 11.5 Å². The van der Waals surface area contributed by atoms with Crippen LogP contribution in [-0.4, -0.2) is 56.7 Å². The van der Waals surface area contributed by atoms with Crippen molar-refractivity contribution in [2.24, 2.45) is 5.92 Å². The summed E-state index contributed by atoms with van der Waals surface area (Å²) in [6.45, 7) is 4.55. The van der Waals surface area contributed by atoms with Crippen molar-refractivity contribution in [2.75, 3.05) is 40.0 Å². The van der Waals surface area contributed by atoms with E-state index in [2.05, 4.69) is 5.32 Å². The van der Waals surface area contributed by atoms with Crippen LogP contribution in [0, 0.1) is 5.92 Å². The maximum atomic E-state index is 12.6. The lowest BCUT2D eigenvalue weighted by Gasteiger charge is -2.31. The number of piperidine rings is 1. The summed E-state index contributed by atoms with van der Waals surface area (Å²) in [7, 11) is 1.51. The molecule has 2 aliphatic rings. The molecule has 1 fully saturated rings. The summed E-state index contributed by atoms with van der Waals surface area (Å²) in [5, 5.41) is 3.09. The first-order valence-corrected chi connectivity index (χ1v) is 9.55. The predicted molar refractivity (Wildman–Crippen MR) is 99.8 cm³/mol. The van der Waals surface area contributed by atoms with E-state index >= 15 is 0 Å². The Labute approximate surface area is 160 Å². The predicted octanol–water partition coefficient (Wildman–Crippen LogP) is 1.91. The van der Waals surface area contributed by atoms with Gasteiger partial charge in [-0.1, -0.05) is 6.07 Å². The number of carbonyl (C=O) groups excluding carboxylic acids is 2. The van der Waals surface area contributed by atoms with Crippen LogP contribution in [-0.2, 0) is 14.3 Å². The number of carbonyl (C=O) groups is 2. The van der Waals surface area contributed by atoms with Crippen LogP contribution in [0.3, 0.4) is 0 Å².